The van der Waals surface area contributed by atoms with Crippen molar-refractivity contribution in [2.75, 3.05) is 55.7 Å². The van der Waals surface area contributed by atoms with E-state index in [-0.39, 0.29) is 59.7 Å². The molecule has 11 rings (SSSR count). The van der Waals surface area contributed by atoms with Crippen LogP contribution in [0.2, 0.25) is 0 Å². The fourth-order valence-corrected chi connectivity index (χ4v) is 12.6. The summed E-state index contributed by atoms with van der Waals surface area (Å²) in [7, 11) is 1.84. The summed E-state index contributed by atoms with van der Waals surface area (Å²) in [5.74, 6) is 0.562. The van der Waals surface area contributed by atoms with Gasteiger partial charge in [0.15, 0.2) is 11.4 Å². The van der Waals surface area contributed by atoms with Crippen molar-refractivity contribution in [1.82, 2.24) is 39.8 Å². The number of benzene rings is 2. The number of anilines is 2. The van der Waals surface area contributed by atoms with E-state index >= 15 is 0 Å². The first-order chi connectivity index (χ1) is 34.5. The second-order valence-corrected chi connectivity index (χ2v) is 21.7. The molecule has 5 fully saturated rings. The smallest absolute Gasteiger partial charge is 0.375 e. The minimum absolute atomic E-state index is 0.00139. The van der Waals surface area contributed by atoms with E-state index in [1.807, 2.05) is 38.2 Å². The highest BCUT2D eigenvalue weighted by Crippen LogP contribution is 2.46. The van der Waals surface area contributed by atoms with E-state index in [4.69, 9.17) is 14.5 Å². The Kier molecular flexibility index (Phi) is 12.5. The van der Waals surface area contributed by atoms with Crippen molar-refractivity contribution in [2.45, 2.75) is 133 Å². The number of nitrogens with zero attached hydrogens (tertiary/aromatic N) is 9. The van der Waals surface area contributed by atoms with Crippen LogP contribution in [0.4, 0.5) is 24.7 Å². The standard InChI is InChI=1S/C53H63F3N10O6/c1-32-46-39(49(70)66(32)43-13-15-45(67)59-47(43)68)12-14-44(58-46)63-19-16-38(17-20-63)72-37-10-8-33(9-11-37)27-62-21-22-64(51(2,3)30-62)28-34-24-40-41(42(25-34)53(54,55)56)29-65(48(40)69)36-7-5-6-35(26-36)52(18-23-71-52)50-60-57-31-61(50)4/h5-7,12,14,24-26,31-33,37-38,43H,8-11,13,15-23,27-30H2,1-4H3,(H,59,67,68). The van der Waals surface area contributed by atoms with Crippen LogP contribution in [0, 0.1) is 5.92 Å². The van der Waals surface area contributed by atoms with Gasteiger partial charge < -0.3 is 28.7 Å². The number of alkyl halides is 3. The van der Waals surface area contributed by atoms with E-state index in [2.05, 4.69) is 44.1 Å². The highest BCUT2D eigenvalue weighted by molar-refractivity contribution is 6.10. The molecule has 0 spiro atoms. The number of rotatable bonds is 11. The molecule has 382 valence electrons. The third-order valence-corrected chi connectivity index (χ3v) is 16.6. The highest BCUT2D eigenvalue weighted by Gasteiger charge is 2.48. The summed E-state index contributed by atoms with van der Waals surface area (Å²) in [5, 5.41) is 10.7. The number of imide groups is 1. The minimum Gasteiger partial charge on any atom is -0.375 e. The van der Waals surface area contributed by atoms with Crippen molar-refractivity contribution >= 4 is 35.1 Å². The molecule has 72 heavy (non-hydrogen) atoms. The second-order valence-electron chi connectivity index (χ2n) is 21.7. The number of nitrogens with one attached hydrogen (secondary N) is 1. The van der Waals surface area contributed by atoms with Crippen LogP contribution in [0.5, 0.6) is 0 Å². The summed E-state index contributed by atoms with van der Waals surface area (Å²) in [6.07, 6.45) is 4.45. The first-order valence-corrected chi connectivity index (χ1v) is 25.6. The number of aromatic nitrogens is 4. The maximum Gasteiger partial charge on any atom is 0.416 e. The van der Waals surface area contributed by atoms with E-state index in [0.717, 1.165) is 82.6 Å². The van der Waals surface area contributed by atoms with Gasteiger partial charge in [-0.05, 0) is 125 Å². The number of hydrogen-bond acceptors (Lipinski definition) is 12. The topological polar surface area (TPSA) is 159 Å². The van der Waals surface area contributed by atoms with Crippen LogP contribution in [0.25, 0.3) is 0 Å². The van der Waals surface area contributed by atoms with E-state index in [1.54, 1.807) is 34.0 Å². The molecule has 0 radical (unpaired) electrons. The lowest BCUT2D eigenvalue weighted by atomic mass is 9.85. The largest absolute Gasteiger partial charge is 0.416 e. The Morgan fingerprint density at radius 3 is 2.33 bits per heavy atom. The number of ether oxygens (including phenoxy) is 2. The zero-order chi connectivity index (χ0) is 50.3. The molecule has 8 heterocycles. The number of piperidine rings is 2. The molecule has 6 aliphatic heterocycles. The van der Waals surface area contributed by atoms with Crippen molar-refractivity contribution in [1.29, 1.82) is 0 Å². The van der Waals surface area contributed by atoms with E-state index in [1.165, 1.54) is 11.0 Å². The Balaban J connectivity index is 0.661. The normalized spacial score (nSPS) is 27.3. The SMILES string of the molecule is CC1c2nc(N3CCC(OC4CCC(CN5CCN(Cc6cc7c(c(C(F)(F)F)c6)CN(c6cccc(C8(c9nncn9C)CCO8)c6)C7=O)C(C)(C)C5)CC4)CC3)ccc2C(=O)N1C1CCC(=O)NC1=O. The quantitative estimate of drug-likeness (QED) is 0.163. The van der Waals surface area contributed by atoms with Gasteiger partial charge >= 0.3 is 6.18 Å². The number of piperazine rings is 1. The van der Waals surface area contributed by atoms with Gasteiger partial charge in [0.2, 0.25) is 11.8 Å². The average Bonchev–Trinajstić information content (AvgIpc) is 3.99. The third kappa shape index (κ3) is 8.86. The van der Waals surface area contributed by atoms with Crippen LogP contribution in [-0.4, -0.2) is 128 Å². The molecule has 0 bridgehead atoms. The van der Waals surface area contributed by atoms with Gasteiger partial charge in [-0.15, -0.1) is 10.2 Å². The number of carbonyl (C=O) groups is 4. The van der Waals surface area contributed by atoms with Crippen molar-refractivity contribution < 1.29 is 41.8 Å². The predicted molar refractivity (Wildman–Crippen MR) is 259 cm³/mol. The molecular weight excluding hydrogens is 930 g/mol. The fraction of sp³-hybridized carbons (Fsp3) is 0.566. The monoisotopic (exact) mass is 992 g/mol. The fourth-order valence-electron chi connectivity index (χ4n) is 12.6. The van der Waals surface area contributed by atoms with Crippen molar-refractivity contribution in [3.05, 3.63) is 99.8 Å². The van der Waals surface area contributed by atoms with Crippen molar-refractivity contribution in [3.63, 3.8) is 0 Å². The molecule has 1 aliphatic carbocycles. The summed E-state index contributed by atoms with van der Waals surface area (Å²) < 4.78 is 59.2. The lowest BCUT2D eigenvalue weighted by molar-refractivity contribution is -0.139. The average molecular weight is 993 g/mol. The van der Waals surface area contributed by atoms with Crippen LogP contribution in [0.15, 0.2) is 54.9 Å². The molecule has 7 aliphatic rings. The van der Waals surface area contributed by atoms with Gasteiger partial charge in [-0.2, -0.15) is 13.2 Å². The Bertz CT molecular complexity index is 2780. The number of hydrogen-bond donors (Lipinski definition) is 1. The van der Waals surface area contributed by atoms with Gasteiger partial charge in [-0.25, -0.2) is 4.98 Å². The van der Waals surface area contributed by atoms with Gasteiger partial charge in [-0.3, -0.25) is 34.3 Å². The lowest BCUT2D eigenvalue weighted by Gasteiger charge is -2.48. The van der Waals surface area contributed by atoms with E-state index < -0.39 is 35.2 Å². The molecule has 16 nitrogen and oxygen atoms in total. The van der Waals surface area contributed by atoms with Crippen molar-refractivity contribution in [3.8, 4) is 0 Å². The van der Waals surface area contributed by atoms with Gasteiger partial charge in [0.25, 0.3) is 11.8 Å². The lowest BCUT2D eigenvalue weighted by Crippen LogP contribution is -2.59. The second kappa shape index (κ2) is 18.6. The number of fused-ring (bicyclic) bond motifs is 2. The molecule has 3 atom stereocenters. The zero-order valence-electron chi connectivity index (χ0n) is 41.4. The summed E-state index contributed by atoms with van der Waals surface area (Å²) in [6.45, 7) is 11.7. The van der Waals surface area contributed by atoms with Gasteiger partial charge in [-0.1, -0.05) is 12.1 Å². The number of carbonyl (C=O) groups excluding carboxylic acids is 4. The number of aryl methyl sites for hydroxylation is 1. The summed E-state index contributed by atoms with van der Waals surface area (Å²) in [6, 6.07) is 12.8. The molecule has 19 heteroatoms. The summed E-state index contributed by atoms with van der Waals surface area (Å²) >= 11 is 0. The number of amides is 4. The Hall–Kier alpha value is -5.76. The van der Waals surface area contributed by atoms with Gasteiger partial charge in [0.05, 0.1) is 48.2 Å². The van der Waals surface area contributed by atoms with Crippen LogP contribution >= 0.6 is 0 Å². The third-order valence-electron chi connectivity index (χ3n) is 16.6. The van der Waals surface area contributed by atoms with E-state index in [9.17, 15) is 32.3 Å². The molecule has 2 aromatic heterocycles. The number of halogens is 3. The Morgan fingerprint density at radius 1 is 0.889 bits per heavy atom. The molecular formula is C53H63F3N10O6. The molecule has 3 unspecified atom stereocenters. The Morgan fingerprint density at radius 2 is 1.65 bits per heavy atom. The minimum atomic E-state index is -4.64. The van der Waals surface area contributed by atoms with Crippen molar-refractivity contribution in [2.24, 2.45) is 13.0 Å². The number of pyridine rings is 1. The van der Waals surface area contributed by atoms with Crippen LogP contribution in [-0.2, 0) is 51.0 Å². The summed E-state index contributed by atoms with van der Waals surface area (Å²) in [4.78, 5) is 66.8. The van der Waals surface area contributed by atoms with Crippen LogP contribution in [0.3, 0.4) is 0 Å². The van der Waals surface area contributed by atoms with Crippen LogP contribution in [0.1, 0.15) is 139 Å². The molecule has 1 saturated carbocycles. The maximum absolute atomic E-state index is 14.9. The van der Waals surface area contributed by atoms with E-state index in [0.29, 0.717) is 66.8 Å². The maximum atomic E-state index is 14.9. The predicted octanol–water partition coefficient (Wildman–Crippen LogP) is 6.52. The van der Waals surface area contributed by atoms with Crippen LogP contribution < -0.4 is 15.1 Å². The van der Waals surface area contributed by atoms with Gasteiger partial charge in [0, 0.05) is 82.5 Å². The first-order valence-electron chi connectivity index (χ1n) is 25.6. The molecule has 4 amide bonds. The first kappa shape index (κ1) is 48.5. The highest BCUT2D eigenvalue weighted by atomic mass is 19.4. The van der Waals surface area contributed by atoms with Gasteiger partial charge in [0.1, 0.15) is 18.2 Å². The molecule has 4 aromatic rings. The molecule has 4 saturated heterocycles. The summed E-state index contributed by atoms with van der Waals surface area (Å²) in [5.41, 5.74) is 1.10. The Labute approximate surface area is 417 Å². The molecule has 1 N–H and O–H groups in total. The zero-order valence-corrected chi connectivity index (χ0v) is 41.4. The molecule has 2 aromatic carbocycles.